The molecule has 5 heteroatoms. The van der Waals surface area contributed by atoms with E-state index in [-0.39, 0.29) is 28.3 Å². The molecule has 3 saturated carbocycles. The van der Waals surface area contributed by atoms with Gasteiger partial charge in [-0.15, -0.1) is 0 Å². The van der Waals surface area contributed by atoms with E-state index in [9.17, 15) is 13.2 Å². The van der Waals surface area contributed by atoms with Gasteiger partial charge in [-0.1, -0.05) is 44.0 Å². The van der Waals surface area contributed by atoms with E-state index in [0.717, 1.165) is 30.7 Å². The van der Waals surface area contributed by atoms with E-state index < -0.39 is 10.1 Å². The zero-order valence-corrected chi connectivity index (χ0v) is 22.0. The summed E-state index contributed by atoms with van der Waals surface area (Å²) in [4.78, 5) is 12.3. The smallest absolute Gasteiger partial charge is 0.295 e. The van der Waals surface area contributed by atoms with E-state index in [2.05, 4.69) is 20.8 Å². The van der Waals surface area contributed by atoms with Gasteiger partial charge in [0.05, 0.1) is 11.5 Å². The van der Waals surface area contributed by atoms with E-state index in [1.165, 1.54) is 31.3 Å². The summed E-state index contributed by atoms with van der Waals surface area (Å²) in [7, 11) is -3.73. The maximum Gasteiger partial charge on any atom is 0.296 e. The maximum absolute atomic E-state index is 12.8. The minimum Gasteiger partial charge on any atom is -0.295 e. The Morgan fingerprint density at radius 2 is 1.74 bits per heavy atom. The Bertz CT molecular complexity index is 1090. The van der Waals surface area contributed by atoms with Crippen molar-refractivity contribution in [1.82, 2.24) is 0 Å². The summed E-state index contributed by atoms with van der Waals surface area (Å²) in [6.07, 6.45) is 10.8. The number of rotatable bonds is 5. The van der Waals surface area contributed by atoms with Crippen molar-refractivity contribution in [3.8, 4) is 0 Å². The lowest BCUT2D eigenvalue weighted by Gasteiger charge is -2.58. The molecular formula is C29H40O4S. The number of hydrogen-bond donors (Lipinski definition) is 0. The second-order valence-electron chi connectivity index (χ2n) is 12.2. The molecule has 0 heterocycles. The first-order valence-corrected chi connectivity index (χ1v) is 14.7. The van der Waals surface area contributed by atoms with Crippen LogP contribution < -0.4 is 0 Å². The Morgan fingerprint density at radius 1 is 1.00 bits per heavy atom. The standard InChI is InChI=1S/C29H40O4S/c1-19-5-8-23(9-6-19)34(31,32)33-18-20(2)25-11-12-26-24-10-7-21-17-22(30)13-15-28(21,3)27(24)14-16-29(25,26)4/h5-6,8-9,17,20,24-27H,7,10-16,18H2,1-4H3/t20-,24?,25-,26?,27?,28+,29-/m1/s1. The van der Waals surface area contributed by atoms with Gasteiger partial charge in [0.15, 0.2) is 5.78 Å². The number of carbonyl (C=O) groups is 1. The molecule has 1 aromatic rings. The van der Waals surface area contributed by atoms with Gasteiger partial charge in [-0.25, -0.2) is 0 Å². The number of benzene rings is 1. The summed E-state index contributed by atoms with van der Waals surface area (Å²) < 4.78 is 31.1. The summed E-state index contributed by atoms with van der Waals surface area (Å²) in [6, 6.07) is 6.89. The molecule has 34 heavy (non-hydrogen) atoms. The molecule has 4 nitrogen and oxygen atoms in total. The predicted octanol–water partition coefficient (Wildman–Crippen LogP) is 6.48. The van der Waals surface area contributed by atoms with Crippen LogP contribution in [0.25, 0.3) is 0 Å². The van der Waals surface area contributed by atoms with Crippen LogP contribution in [0.2, 0.25) is 0 Å². The van der Waals surface area contributed by atoms with E-state index in [0.29, 0.717) is 30.0 Å². The Kier molecular flexibility index (Phi) is 6.12. The first kappa shape index (κ1) is 24.2. The van der Waals surface area contributed by atoms with Crippen LogP contribution in [-0.4, -0.2) is 20.8 Å². The Morgan fingerprint density at radius 3 is 2.47 bits per heavy atom. The first-order chi connectivity index (χ1) is 16.0. The molecule has 0 aromatic heterocycles. The Balaban J connectivity index is 1.29. The molecule has 4 aliphatic carbocycles. The van der Waals surface area contributed by atoms with Gasteiger partial charge in [-0.05, 0) is 110 Å². The topological polar surface area (TPSA) is 60.4 Å². The highest BCUT2D eigenvalue weighted by Gasteiger charge is 2.59. The van der Waals surface area contributed by atoms with Gasteiger partial charge in [0.1, 0.15) is 0 Å². The van der Waals surface area contributed by atoms with Crippen molar-refractivity contribution >= 4 is 15.9 Å². The van der Waals surface area contributed by atoms with Crippen LogP contribution >= 0.6 is 0 Å². The Labute approximate surface area is 205 Å². The number of hydrogen-bond acceptors (Lipinski definition) is 4. The minimum absolute atomic E-state index is 0.201. The summed E-state index contributed by atoms with van der Waals surface area (Å²) in [5, 5.41) is 0. The van der Waals surface area contributed by atoms with Crippen LogP contribution in [-0.2, 0) is 19.1 Å². The molecule has 1 aromatic carbocycles. The van der Waals surface area contributed by atoms with Gasteiger partial charge < -0.3 is 0 Å². The second kappa shape index (κ2) is 8.58. The van der Waals surface area contributed by atoms with Crippen LogP contribution in [0.4, 0.5) is 0 Å². The highest BCUT2D eigenvalue weighted by Crippen LogP contribution is 2.67. The number of fused-ring (bicyclic) bond motifs is 5. The van der Waals surface area contributed by atoms with Gasteiger partial charge in [0.25, 0.3) is 10.1 Å². The molecule has 0 amide bonds. The first-order valence-electron chi connectivity index (χ1n) is 13.2. The van der Waals surface area contributed by atoms with Crippen molar-refractivity contribution in [3.05, 3.63) is 41.5 Å². The van der Waals surface area contributed by atoms with Gasteiger partial charge in [-0.3, -0.25) is 8.98 Å². The molecule has 4 aliphatic rings. The van der Waals surface area contributed by atoms with Crippen molar-refractivity contribution < 1.29 is 17.4 Å². The molecule has 3 fully saturated rings. The zero-order valence-electron chi connectivity index (χ0n) is 21.2. The van der Waals surface area contributed by atoms with Crippen LogP contribution in [0.5, 0.6) is 0 Å². The van der Waals surface area contributed by atoms with Crippen molar-refractivity contribution in [2.75, 3.05) is 6.61 Å². The third-order valence-electron chi connectivity index (χ3n) is 10.5. The number of ketones is 1. The fraction of sp³-hybridized carbons (Fsp3) is 0.690. The molecule has 3 unspecified atom stereocenters. The van der Waals surface area contributed by atoms with Crippen LogP contribution in [0.1, 0.15) is 77.7 Å². The van der Waals surface area contributed by atoms with Crippen LogP contribution in [0, 0.1) is 47.3 Å². The van der Waals surface area contributed by atoms with E-state index in [1.807, 2.05) is 25.1 Å². The normalized spacial score (nSPS) is 38.5. The summed E-state index contributed by atoms with van der Waals surface area (Å²) in [5.41, 5.74) is 2.91. The Hall–Kier alpha value is -1.46. The molecule has 5 rings (SSSR count). The van der Waals surface area contributed by atoms with Gasteiger partial charge in [0.2, 0.25) is 0 Å². The van der Waals surface area contributed by atoms with Crippen molar-refractivity contribution in [3.63, 3.8) is 0 Å². The highest BCUT2D eigenvalue weighted by molar-refractivity contribution is 7.86. The van der Waals surface area contributed by atoms with Gasteiger partial charge in [-0.2, -0.15) is 8.42 Å². The quantitative estimate of drug-likeness (QED) is 0.449. The average molecular weight is 485 g/mol. The molecule has 7 atom stereocenters. The lowest BCUT2D eigenvalue weighted by Crippen LogP contribution is -2.51. The van der Waals surface area contributed by atoms with Gasteiger partial charge >= 0.3 is 0 Å². The minimum atomic E-state index is -3.73. The third kappa shape index (κ3) is 3.91. The number of aryl methyl sites for hydroxylation is 1. The van der Waals surface area contributed by atoms with Crippen molar-refractivity contribution in [2.45, 2.75) is 84.0 Å². The van der Waals surface area contributed by atoms with Crippen LogP contribution in [0.15, 0.2) is 40.8 Å². The van der Waals surface area contributed by atoms with Crippen LogP contribution in [0.3, 0.4) is 0 Å². The van der Waals surface area contributed by atoms with E-state index in [1.54, 1.807) is 12.1 Å². The molecule has 0 aliphatic heterocycles. The molecule has 0 N–H and O–H groups in total. The fourth-order valence-corrected chi connectivity index (χ4v) is 9.62. The van der Waals surface area contributed by atoms with Gasteiger partial charge in [0, 0.05) is 6.42 Å². The largest absolute Gasteiger partial charge is 0.296 e. The zero-order chi connectivity index (χ0) is 24.3. The van der Waals surface area contributed by atoms with Crippen molar-refractivity contribution in [1.29, 1.82) is 0 Å². The van der Waals surface area contributed by atoms with E-state index >= 15 is 0 Å². The molecule has 186 valence electrons. The lowest BCUT2D eigenvalue weighted by atomic mass is 9.46. The summed E-state index contributed by atoms with van der Waals surface area (Å²) in [6.45, 7) is 9.30. The molecule has 0 spiro atoms. The summed E-state index contributed by atoms with van der Waals surface area (Å²) >= 11 is 0. The SMILES string of the molecule is Cc1ccc(S(=O)(=O)OC[C@@H](C)[C@H]2CCC3C4CCC5=CC(=O)CC[C@]5(C)C4CC[C@@]32C)cc1. The number of allylic oxidation sites excluding steroid dienone is 1. The number of carbonyl (C=O) groups excluding carboxylic acids is 1. The molecule has 0 bridgehead atoms. The second-order valence-corrected chi connectivity index (χ2v) is 13.8. The third-order valence-corrected chi connectivity index (χ3v) is 11.8. The predicted molar refractivity (Wildman–Crippen MR) is 134 cm³/mol. The lowest BCUT2D eigenvalue weighted by molar-refractivity contribution is -0.117. The molecular weight excluding hydrogens is 444 g/mol. The monoisotopic (exact) mass is 484 g/mol. The average Bonchev–Trinajstić information content (AvgIpc) is 3.15. The van der Waals surface area contributed by atoms with E-state index in [4.69, 9.17) is 4.18 Å². The molecule has 0 saturated heterocycles. The maximum atomic E-state index is 12.8. The fourth-order valence-electron chi connectivity index (χ4n) is 8.62. The highest BCUT2D eigenvalue weighted by atomic mass is 32.2. The molecule has 0 radical (unpaired) electrons. The van der Waals surface area contributed by atoms with Crippen molar-refractivity contribution in [2.24, 2.45) is 40.4 Å². The summed E-state index contributed by atoms with van der Waals surface area (Å²) in [5.74, 6) is 3.12.